The number of methoxy groups -OCH3 is 1. The fourth-order valence-corrected chi connectivity index (χ4v) is 6.57. The van der Waals surface area contributed by atoms with Gasteiger partial charge in [0.25, 0.3) is 0 Å². The van der Waals surface area contributed by atoms with Crippen LogP contribution in [-0.4, -0.2) is 48.7 Å². The Morgan fingerprint density at radius 3 is 2.86 bits per heavy atom. The Balaban J connectivity index is 1.45. The van der Waals surface area contributed by atoms with Crippen molar-refractivity contribution in [2.45, 2.75) is 32.4 Å². The minimum Gasteiger partial charge on any atom is -0.383 e. The topological polar surface area (TPSA) is 88.2 Å². The van der Waals surface area contributed by atoms with Crippen LogP contribution in [0.4, 0.5) is 5.00 Å². The molecule has 1 aromatic carbocycles. The number of carbonyl (C=O) groups excluding carboxylic acids is 1. The molecular formula is C26H29N5O2S2. The molecule has 0 fully saturated rings. The Kier molecular flexibility index (Phi) is 7.50. The van der Waals surface area contributed by atoms with Crippen LogP contribution in [-0.2, 0) is 22.5 Å². The van der Waals surface area contributed by atoms with Gasteiger partial charge in [-0.3, -0.25) is 9.78 Å². The van der Waals surface area contributed by atoms with Crippen LogP contribution >= 0.6 is 22.7 Å². The van der Waals surface area contributed by atoms with Crippen molar-refractivity contribution in [2.75, 3.05) is 32.1 Å². The first kappa shape index (κ1) is 24.0. The number of fused-ring (bicyclic) bond motifs is 2. The maximum Gasteiger partial charge on any atom is 0.226 e. The molecule has 5 rings (SSSR count). The lowest BCUT2D eigenvalue weighted by atomic mass is 9.99. The Morgan fingerprint density at radius 2 is 2.03 bits per heavy atom. The Morgan fingerprint density at radius 1 is 1.17 bits per heavy atom. The molecule has 0 bridgehead atoms. The standard InChI is InChI=1S/C26H29N5O2S2/c1-16-13-19-22(15-29-16)35-26(31-23(32)7-10-28-11-12-33-2)24(19)25-30-20-14-18(3-4-21(20)34-25)17-5-8-27-9-6-17/h3-6,8-9,14,16,28-29H,7,10-13,15H2,1-2H3,(H,31,32)/t16-/m1/s1. The number of thiophene rings is 1. The van der Waals surface area contributed by atoms with Crippen molar-refractivity contribution in [3.63, 3.8) is 0 Å². The van der Waals surface area contributed by atoms with Gasteiger partial charge in [-0.15, -0.1) is 22.7 Å². The van der Waals surface area contributed by atoms with Gasteiger partial charge in [0.15, 0.2) is 0 Å². The van der Waals surface area contributed by atoms with E-state index >= 15 is 0 Å². The van der Waals surface area contributed by atoms with Gasteiger partial charge in [0, 0.05) is 62.0 Å². The average molecular weight is 508 g/mol. The summed E-state index contributed by atoms with van der Waals surface area (Å²) in [6.07, 6.45) is 4.95. The first-order valence-corrected chi connectivity index (χ1v) is 13.4. The normalized spacial score (nSPS) is 15.3. The number of hydrogen-bond acceptors (Lipinski definition) is 8. The van der Waals surface area contributed by atoms with E-state index in [0.29, 0.717) is 25.6 Å². The minimum atomic E-state index is 0.0110. The second-order valence-electron chi connectivity index (χ2n) is 8.67. The number of carbonyl (C=O) groups is 1. The molecule has 1 aliphatic rings. The fraction of sp³-hybridized carbons (Fsp3) is 0.346. The molecule has 1 aliphatic heterocycles. The molecule has 0 saturated heterocycles. The molecule has 0 spiro atoms. The van der Waals surface area contributed by atoms with E-state index < -0.39 is 0 Å². The van der Waals surface area contributed by atoms with Gasteiger partial charge < -0.3 is 20.7 Å². The summed E-state index contributed by atoms with van der Waals surface area (Å²) in [6.45, 7) is 5.01. The minimum absolute atomic E-state index is 0.0110. The van der Waals surface area contributed by atoms with Crippen molar-refractivity contribution in [2.24, 2.45) is 0 Å². The Bertz CT molecular complexity index is 1320. The molecule has 3 N–H and O–H groups in total. The Hall–Kier alpha value is -2.69. The van der Waals surface area contributed by atoms with E-state index in [0.717, 1.165) is 56.4 Å². The second-order valence-corrected chi connectivity index (χ2v) is 10.8. The number of nitrogens with one attached hydrogen (secondary N) is 3. The maximum atomic E-state index is 12.8. The number of nitrogens with zero attached hydrogens (tertiary/aromatic N) is 2. The largest absolute Gasteiger partial charge is 0.383 e. The van der Waals surface area contributed by atoms with Gasteiger partial charge in [-0.1, -0.05) is 6.07 Å². The predicted octanol–water partition coefficient (Wildman–Crippen LogP) is 4.69. The summed E-state index contributed by atoms with van der Waals surface area (Å²) in [4.78, 5) is 23.2. The zero-order valence-corrected chi connectivity index (χ0v) is 21.5. The van der Waals surface area contributed by atoms with E-state index in [4.69, 9.17) is 9.72 Å². The highest BCUT2D eigenvalue weighted by molar-refractivity contribution is 7.23. The number of anilines is 1. The number of amides is 1. The highest BCUT2D eigenvalue weighted by Crippen LogP contribution is 2.45. The van der Waals surface area contributed by atoms with Crippen molar-refractivity contribution < 1.29 is 9.53 Å². The van der Waals surface area contributed by atoms with E-state index in [2.05, 4.69) is 46.1 Å². The van der Waals surface area contributed by atoms with Gasteiger partial charge in [0.2, 0.25) is 5.91 Å². The number of pyridine rings is 1. The van der Waals surface area contributed by atoms with Crippen LogP contribution in [0.3, 0.4) is 0 Å². The first-order valence-electron chi connectivity index (χ1n) is 11.8. The molecule has 1 amide bonds. The Labute approximate surface area is 213 Å². The average Bonchev–Trinajstić information content (AvgIpc) is 3.44. The molecule has 0 radical (unpaired) electrons. The molecule has 182 valence electrons. The lowest BCUT2D eigenvalue weighted by Crippen LogP contribution is -2.32. The van der Waals surface area contributed by atoms with Crippen LogP contribution < -0.4 is 16.0 Å². The third-order valence-electron chi connectivity index (χ3n) is 6.09. The van der Waals surface area contributed by atoms with Gasteiger partial charge in [-0.05, 0) is 54.3 Å². The fourth-order valence-electron chi connectivity index (χ4n) is 4.28. The molecule has 9 heteroatoms. The monoisotopic (exact) mass is 507 g/mol. The predicted molar refractivity (Wildman–Crippen MR) is 144 cm³/mol. The van der Waals surface area contributed by atoms with Crippen molar-refractivity contribution in [1.82, 2.24) is 20.6 Å². The number of ether oxygens (including phenoxy) is 1. The van der Waals surface area contributed by atoms with Gasteiger partial charge in [0.1, 0.15) is 10.0 Å². The smallest absolute Gasteiger partial charge is 0.226 e. The number of aromatic nitrogens is 2. The molecule has 1 atom stereocenters. The van der Waals surface area contributed by atoms with Crippen LogP contribution in [0.5, 0.6) is 0 Å². The van der Waals surface area contributed by atoms with Crippen LogP contribution in [0.25, 0.3) is 31.9 Å². The highest BCUT2D eigenvalue weighted by Gasteiger charge is 2.27. The summed E-state index contributed by atoms with van der Waals surface area (Å²) in [5, 5.41) is 11.8. The van der Waals surface area contributed by atoms with Gasteiger partial charge in [0.05, 0.1) is 16.8 Å². The molecule has 0 aliphatic carbocycles. The molecule has 0 unspecified atom stereocenters. The summed E-state index contributed by atoms with van der Waals surface area (Å²) in [5.74, 6) is 0.0110. The summed E-state index contributed by atoms with van der Waals surface area (Å²) < 4.78 is 6.18. The lowest BCUT2D eigenvalue weighted by Gasteiger charge is -2.20. The van der Waals surface area contributed by atoms with Crippen LogP contribution in [0.1, 0.15) is 23.8 Å². The molecule has 3 aromatic heterocycles. The number of benzene rings is 1. The lowest BCUT2D eigenvalue weighted by molar-refractivity contribution is -0.116. The van der Waals surface area contributed by atoms with Crippen LogP contribution in [0.15, 0.2) is 42.7 Å². The number of thiazole rings is 1. The molecular weight excluding hydrogens is 478 g/mol. The maximum absolute atomic E-state index is 12.8. The van der Waals surface area contributed by atoms with E-state index in [1.54, 1.807) is 42.2 Å². The zero-order valence-electron chi connectivity index (χ0n) is 19.9. The molecule has 0 saturated carbocycles. The summed E-state index contributed by atoms with van der Waals surface area (Å²) >= 11 is 3.36. The third-order valence-corrected chi connectivity index (χ3v) is 8.29. The molecule has 35 heavy (non-hydrogen) atoms. The second kappa shape index (κ2) is 10.9. The summed E-state index contributed by atoms with van der Waals surface area (Å²) in [7, 11) is 1.67. The van der Waals surface area contributed by atoms with Gasteiger partial charge in [-0.25, -0.2) is 4.98 Å². The third kappa shape index (κ3) is 5.44. The van der Waals surface area contributed by atoms with Crippen molar-refractivity contribution in [1.29, 1.82) is 0 Å². The van der Waals surface area contributed by atoms with E-state index in [1.165, 1.54) is 10.4 Å². The van der Waals surface area contributed by atoms with E-state index in [1.807, 2.05) is 12.1 Å². The SMILES string of the molecule is COCCNCCC(=O)Nc1sc2c(c1-c1nc3cc(-c4ccncc4)ccc3s1)C[C@@H](C)NC2. The van der Waals surface area contributed by atoms with Crippen molar-refractivity contribution in [3.05, 3.63) is 53.2 Å². The first-order chi connectivity index (χ1) is 17.1. The quantitative estimate of drug-likeness (QED) is 0.285. The van der Waals surface area contributed by atoms with E-state index in [-0.39, 0.29) is 5.91 Å². The van der Waals surface area contributed by atoms with Crippen LogP contribution in [0, 0.1) is 0 Å². The van der Waals surface area contributed by atoms with Crippen molar-refractivity contribution >= 4 is 43.8 Å². The van der Waals surface area contributed by atoms with Crippen LogP contribution in [0.2, 0.25) is 0 Å². The number of rotatable bonds is 9. The summed E-state index contributed by atoms with van der Waals surface area (Å²) in [5.41, 5.74) is 5.61. The molecule has 7 nitrogen and oxygen atoms in total. The number of hydrogen-bond donors (Lipinski definition) is 3. The highest BCUT2D eigenvalue weighted by atomic mass is 32.1. The van der Waals surface area contributed by atoms with Gasteiger partial charge >= 0.3 is 0 Å². The van der Waals surface area contributed by atoms with E-state index in [9.17, 15) is 4.79 Å². The summed E-state index contributed by atoms with van der Waals surface area (Å²) in [6, 6.07) is 10.8. The zero-order chi connectivity index (χ0) is 24.2. The van der Waals surface area contributed by atoms with Gasteiger partial charge in [-0.2, -0.15) is 0 Å². The molecule has 4 heterocycles. The molecule has 4 aromatic rings. The van der Waals surface area contributed by atoms with Crippen molar-refractivity contribution in [3.8, 4) is 21.7 Å².